The molecule has 0 bridgehead atoms. The van der Waals surface area contributed by atoms with E-state index in [1.165, 1.54) is 11.7 Å². The van der Waals surface area contributed by atoms with Gasteiger partial charge >= 0.3 is 11.9 Å². The molecule has 3 aromatic rings. The number of nitriles is 1. The standard InChI is InChI=1S/C30H27Br2N3O8S/c1-5-40-22-12-17(7-8-21(22)43-15-24(36)39-4)26-25(29(38)41-6-2)16(3)34-30-35(26)28(37)23(44-30)13-18-11-19(31)14-20(32)27(18)42-10-9-33/h7-8,11-14,26H,5-6,10,15H2,1-4H3/b23-13+/t26-/m1/s1. The third-order valence-corrected chi connectivity index (χ3v) is 8.31. The minimum atomic E-state index is -0.912. The normalized spacial score (nSPS) is 14.3. The summed E-state index contributed by atoms with van der Waals surface area (Å²) < 4.78 is 30.2. The van der Waals surface area contributed by atoms with Crippen molar-refractivity contribution in [1.82, 2.24) is 4.57 Å². The minimum Gasteiger partial charge on any atom is -0.490 e. The van der Waals surface area contributed by atoms with Gasteiger partial charge in [-0.3, -0.25) is 9.36 Å². The molecule has 1 aliphatic heterocycles. The first-order chi connectivity index (χ1) is 21.1. The summed E-state index contributed by atoms with van der Waals surface area (Å²) in [6.07, 6.45) is 1.65. The van der Waals surface area contributed by atoms with Crippen LogP contribution in [0.15, 0.2) is 60.3 Å². The first-order valence-electron chi connectivity index (χ1n) is 13.3. The molecule has 2 heterocycles. The second-order valence-electron chi connectivity index (χ2n) is 9.06. The zero-order chi connectivity index (χ0) is 32.0. The number of hydrogen-bond acceptors (Lipinski definition) is 11. The van der Waals surface area contributed by atoms with Crippen molar-refractivity contribution in [3.8, 4) is 23.3 Å². The molecule has 44 heavy (non-hydrogen) atoms. The lowest BCUT2D eigenvalue weighted by Gasteiger charge is -2.25. The van der Waals surface area contributed by atoms with Crippen LogP contribution in [0.4, 0.5) is 0 Å². The molecule has 0 saturated carbocycles. The van der Waals surface area contributed by atoms with Gasteiger partial charge in [0.25, 0.3) is 5.56 Å². The monoisotopic (exact) mass is 747 g/mol. The number of hydrogen-bond donors (Lipinski definition) is 0. The molecule has 230 valence electrons. The van der Waals surface area contributed by atoms with Crippen LogP contribution >= 0.6 is 43.2 Å². The molecule has 0 amide bonds. The van der Waals surface area contributed by atoms with Crippen molar-refractivity contribution >= 4 is 61.2 Å². The Morgan fingerprint density at radius 2 is 1.89 bits per heavy atom. The van der Waals surface area contributed by atoms with E-state index in [2.05, 4.69) is 41.6 Å². The average molecular weight is 749 g/mol. The Kier molecular flexibility index (Phi) is 11.0. The van der Waals surface area contributed by atoms with E-state index < -0.39 is 23.5 Å². The molecule has 0 unspecified atom stereocenters. The molecule has 1 aliphatic rings. The number of methoxy groups -OCH3 is 1. The maximum absolute atomic E-state index is 14.1. The Bertz CT molecular complexity index is 1860. The zero-order valence-electron chi connectivity index (χ0n) is 24.1. The lowest BCUT2D eigenvalue weighted by atomic mass is 9.95. The van der Waals surface area contributed by atoms with Crippen molar-refractivity contribution in [2.45, 2.75) is 26.8 Å². The molecule has 0 radical (unpaired) electrons. The molecule has 14 heteroatoms. The van der Waals surface area contributed by atoms with E-state index in [1.54, 1.807) is 57.2 Å². The molecule has 0 spiro atoms. The van der Waals surface area contributed by atoms with Crippen LogP contribution in [0.5, 0.6) is 17.2 Å². The summed E-state index contributed by atoms with van der Waals surface area (Å²) in [5.74, 6) is -0.181. The summed E-state index contributed by atoms with van der Waals surface area (Å²) in [6, 6.07) is 9.54. The van der Waals surface area contributed by atoms with E-state index in [0.717, 1.165) is 15.8 Å². The number of thiazole rings is 1. The summed E-state index contributed by atoms with van der Waals surface area (Å²) in [7, 11) is 1.26. The Morgan fingerprint density at radius 3 is 2.57 bits per heavy atom. The van der Waals surface area contributed by atoms with Crippen molar-refractivity contribution in [1.29, 1.82) is 5.26 Å². The zero-order valence-corrected chi connectivity index (χ0v) is 28.1. The number of allylic oxidation sites excluding steroid dienone is 1. The van der Waals surface area contributed by atoms with Gasteiger partial charge in [0.1, 0.15) is 11.8 Å². The van der Waals surface area contributed by atoms with Crippen LogP contribution in [0.3, 0.4) is 0 Å². The predicted molar refractivity (Wildman–Crippen MR) is 168 cm³/mol. The molecule has 0 saturated heterocycles. The number of halogens is 2. The molecule has 0 N–H and O–H groups in total. The van der Waals surface area contributed by atoms with Gasteiger partial charge in [0.2, 0.25) is 0 Å². The summed E-state index contributed by atoms with van der Waals surface area (Å²) in [5.41, 5.74) is 1.27. The lowest BCUT2D eigenvalue weighted by molar-refractivity contribution is -0.143. The second kappa shape index (κ2) is 14.7. The van der Waals surface area contributed by atoms with Crippen LogP contribution in [-0.2, 0) is 19.1 Å². The fourth-order valence-electron chi connectivity index (χ4n) is 4.47. The lowest BCUT2D eigenvalue weighted by Crippen LogP contribution is -2.40. The Hall–Kier alpha value is -3.93. The van der Waals surface area contributed by atoms with Gasteiger partial charge in [0.05, 0.1) is 46.6 Å². The number of fused-ring (bicyclic) bond motifs is 1. The largest absolute Gasteiger partial charge is 0.490 e. The molecule has 4 rings (SSSR count). The van der Waals surface area contributed by atoms with Gasteiger partial charge in [0.15, 0.2) is 29.5 Å². The van der Waals surface area contributed by atoms with Crippen molar-refractivity contribution in [2.75, 3.05) is 33.5 Å². The van der Waals surface area contributed by atoms with Crippen LogP contribution in [0.1, 0.15) is 37.9 Å². The van der Waals surface area contributed by atoms with Crippen LogP contribution in [0.2, 0.25) is 0 Å². The predicted octanol–water partition coefficient (Wildman–Crippen LogP) is 4.18. The molecular formula is C30H27Br2N3O8S. The van der Waals surface area contributed by atoms with E-state index in [9.17, 15) is 14.4 Å². The van der Waals surface area contributed by atoms with Crippen molar-refractivity contribution in [3.05, 3.63) is 81.4 Å². The fraction of sp³-hybridized carbons (Fsp3) is 0.300. The molecule has 0 aliphatic carbocycles. The van der Waals surface area contributed by atoms with Crippen LogP contribution in [0, 0.1) is 11.3 Å². The number of aromatic nitrogens is 1. The van der Waals surface area contributed by atoms with Crippen molar-refractivity contribution < 1.29 is 33.3 Å². The molecule has 1 atom stereocenters. The summed E-state index contributed by atoms with van der Waals surface area (Å²) in [6.45, 7) is 5.08. The Morgan fingerprint density at radius 1 is 1.11 bits per heavy atom. The molecular weight excluding hydrogens is 722 g/mol. The third-order valence-electron chi connectivity index (χ3n) is 6.28. The Labute approximate surface area is 273 Å². The summed E-state index contributed by atoms with van der Waals surface area (Å²) >= 11 is 8.07. The smallest absolute Gasteiger partial charge is 0.343 e. The van der Waals surface area contributed by atoms with Gasteiger partial charge in [-0.2, -0.15) is 5.26 Å². The highest BCUT2D eigenvalue weighted by molar-refractivity contribution is 9.11. The SMILES string of the molecule is CCOC(=O)C1=C(C)N=c2s/c(=C/c3cc(Br)cc(Br)c3OCC#N)c(=O)n2[C@@H]1c1ccc(OCC(=O)OC)c(OCC)c1. The quantitative estimate of drug-likeness (QED) is 0.265. The number of carbonyl (C=O) groups is 2. The number of ether oxygens (including phenoxy) is 5. The number of carbonyl (C=O) groups excluding carboxylic acids is 2. The van der Waals surface area contributed by atoms with E-state index in [-0.39, 0.29) is 31.1 Å². The first kappa shape index (κ1) is 33.0. The van der Waals surface area contributed by atoms with E-state index in [4.69, 9.17) is 24.2 Å². The number of esters is 2. The maximum atomic E-state index is 14.1. The average Bonchev–Trinajstić information content (AvgIpc) is 3.29. The number of rotatable bonds is 11. The first-order valence-corrected chi connectivity index (χ1v) is 15.7. The maximum Gasteiger partial charge on any atom is 0.343 e. The van der Waals surface area contributed by atoms with E-state index in [1.807, 2.05) is 6.07 Å². The highest BCUT2D eigenvalue weighted by Gasteiger charge is 2.34. The van der Waals surface area contributed by atoms with Crippen LogP contribution in [0.25, 0.3) is 6.08 Å². The van der Waals surface area contributed by atoms with Gasteiger partial charge < -0.3 is 23.7 Å². The molecule has 11 nitrogen and oxygen atoms in total. The van der Waals surface area contributed by atoms with Crippen molar-refractivity contribution in [3.63, 3.8) is 0 Å². The van der Waals surface area contributed by atoms with Gasteiger partial charge in [-0.15, -0.1) is 0 Å². The highest BCUT2D eigenvalue weighted by atomic mass is 79.9. The van der Waals surface area contributed by atoms with Gasteiger partial charge in [0, 0.05) is 10.0 Å². The number of benzene rings is 2. The van der Waals surface area contributed by atoms with Gasteiger partial charge in [-0.1, -0.05) is 33.3 Å². The number of nitrogens with zero attached hydrogens (tertiary/aromatic N) is 3. The van der Waals surface area contributed by atoms with Crippen LogP contribution in [-0.4, -0.2) is 50.0 Å². The van der Waals surface area contributed by atoms with E-state index in [0.29, 0.717) is 48.7 Å². The third kappa shape index (κ3) is 7.06. The summed E-state index contributed by atoms with van der Waals surface area (Å²) in [5, 5.41) is 9.06. The summed E-state index contributed by atoms with van der Waals surface area (Å²) in [4.78, 5) is 44.1. The fourth-order valence-corrected chi connectivity index (χ4v) is 6.88. The topological polar surface area (TPSA) is 138 Å². The Balaban J connectivity index is 1.93. The van der Waals surface area contributed by atoms with Gasteiger partial charge in [-0.05, 0) is 72.6 Å². The molecule has 1 aromatic heterocycles. The van der Waals surface area contributed by atoms with E-state index >= 15 is 0 Å². The molecule has 0 fully saturated rings. The highest BCUT2D eigenvalue weighted by Crippen LogP contribution is 2.37. The van der Waals surface area contributed by atoms with Gasteiger partial charge in [-0.25, -0.2) is 14.6 Å². The van der Waals surface area contributed by atoms with Crippen LogP contribution < -0.4 is 29.1 Å². The molecule has 2 aromatic carbocycles. The van der Waals surface area contributed by atoms with Crippen molar-refractivity contribution in [2.24, 2.45) is 4.99 Å². The minimum absolute atomic E-state index is 0.125. The second-order valence-corrected chi connectivity index (χ2v) is 11.8.